The molecule has 1 atom stereocenters. The second-order valence-electron chi connectivity index (χ2n) is 8.51. The van der Waals surface area contributed by atoms with Crippen molar-refractivity contribution < 1.29 is 9.59 Å². The monoisotopic (exact) mass is 386 g/mol. The number of nitrogens with zero attached hydrogens (tertiary/aromatic N) is 3. The molecule has 1 unspecified atom stereocenters. The van der Waals surface area contributed by atoms with Crippen molar-refractivity contribution in [3.8, 4) is 0 Å². The average molecular weight is 386 g/mol. The van der Waals surface area contributed by atoms with Crippen LogP contribution in [-0.4, -0.2) is 64.4 Å². The molecule has 0 bridgehead atoms. The zero-order valence-corrected chi connectivity index (χ0v) is 16.6. The summed E-state index contributed by atoms with van der Waals surface area (Å²) in [5, 5.41) is 3.15. The lowest BCUT2D eigenvalue weighted by Gasteiger charge is -2.42. The first-order valence-corrected chi connectivity index (χ1v) is 10.5. The van der Waals surface area contributed by atoms with Crippen LogP contribution < -0.4 is 10.9 Å². The Balaban J connectivity index is 1.30. The highest BCUT2D eigenvalue weighted by Gasteiger charge is 2.34. The van der Waals surface area contributed by atoms with Crippen LogP contribution in [0.4, 0.5) is 0 Å². The highest BCUT2D eigenvalue weighted by molar-refractivity contribution is 5.94. The van der Waals surface area contributed by atoms with Crippen molar-refractivity contribution in [1.82, 2.24) is 19.7 Å². The van der Waals surface area contributed by atoms with Crippen molar-refractivity contribution in [3.05, 3.63) is 34.2 Å². The molecular formula is C21H30N4O3. The van der Waals surface area contributed by atoms with Gasteiger partial charge in [0, 0.05) is 51.0 Å². The fourth-order valence-corrected chi connectivity index (χ4v) is 4.44. The highest BCUT2D eigenvalue weighted by atomic mass is 16.2. The van der Waals surface area contributed by atoms with Crippen molar-refractivity contribution in [3.63, 3.8) is 0 Å². The number of aryl methyl sites for hydroxylation is 1. The van der Waals surface area contributed by atoms with Crippen molar-refractivity contribution in [2.45, 2.75) is 50.6 Å². The van der Waals surface area contributed by atoms with Crippen LogP contribution in [0.1, 0.15) is 48.9 Å². The Bertz CT molecular complexity index is 793. The molecule has 1 aliphatic carbocycles. The fraction of sp³-hybridized carbons (Fsp3) is 0.667. The molecule has 7 nitrogen and oxygen atoms in total. The number of hydrogen-bond acceptors (Lipinski definition) is 4. The number of amides is 2. The summed E-state index contributed by atoms with van der Waals surface area (Å²) in [4.78, 5) is 41.0. The van der Waals surface area contributed by atoms with Gasteiger partial charge < -0.3 is 14.8 Å². The number of rotatable bonds is 4. The van der Waals surface area contributed by atoms with Crippen LogP contribution in [0.25, 0.3) is 0 Å². The second-order valence-corrected chi connectivity index (χ2v) is 8.51. The summed E-state index contributed by atoms with van der Waals surface area (Å²) in [6, 6.07) is 3.93. The lowest BCUT2D eigenvalue weighted by Crippen LogP contribution is -2.51. The van der Waals surface area contributed by atoms with Crippen LogP contribution >= 0.6 is 0 Å². The molecule has 2 aliphatic heterocycles. The number of aromatic nitrogens is 1. The predicted molar refractivity (Wildman–Crippen MR) is 106 cm³/mol. The summed E-state index contributed by atoms with van der Waals surface area (Å²) < 4.78 is 1.44. The first-order valence-electron chi connectivity index (χ1n) is 10.5. The summed E-state index contributed by atoms with van der Waals surface area (Å²) in [6.07, 6.45) is 7.81. The second kappa shape index (κ2) is 8.07. The Hall–Kier alpha value is -2.15. The van der Waals surface area contributed by atoms with Gasteiger partial charge in [0.05, 0.1) is 11.5 Å². The zero-order chi connectivity index (χ0) is 19.7. The molecule has 1 aromatic rings. The van der Waals surface area contributed by atoms with E-state index in [0.29, 0.717) is 17.6 Å². The van der Waals surface area contributed by atoms with E-state index in [1.54, 1.807) is 19.3 Å². The molecule has 1 N–H and O–H groups in total. The lowest BCUT2D eigenvalue weighted by atomic mass is 9.93. The Morgan fingerprint density at radius 1 is 1.04 bits per heavy atom. The first kappa shape index (κ1) is 19.2. The minimum Gasteiger partial charge on any atom is -0.353 e. The van der Waals surface area contributed by atoms with Gasteiger partial charge >= 0.3 is 0 Å². The van der Waals surface area contributed by atoms with E-state index in [4.69, 9.17) is 0 Å². The molecular weight excluding hydrogens is 356 g/mol. The number of carbonyl (C=O) groups excluding carboxylic acids is 2. The Morgan fingerprint density at radius 2 is 1.79 bits per heavy atom. The van der Waals surface area contributed by atoms with Gasteiger partial charge in [0.1, 0.15) is 0 Å². The van der Waals surface area contributed by atoms with E-state index >= 15 is 0 Å². The first-order chi connectivity index (χ1) is 13.5. The summed E-state index contributed by atoms with van der Waals surface area (Å²) in [5.41, 5.74) is 0.455. The van der Waals surface area contributed by atoms with Gasteiger partial charge in [-0.1, -0.05) is 0 Å². The van der Waals surface area contributed by atoms with Crippen LogP contribution in [0.5, 0.6) is 0 Å². The zero-order valence-electron chi connectivity index (χ0n) is 16.6. The molecule has 0 aromatic carbocycles. The number of likely N-dealkylation sites (tertiary alicyclic amines) is 2. The minimum atomic E-state index is -0.111. The average Bonchev–Trinajstić information content (AvgIpc) is 3.54. The third-order valence-corrected chi connectivity index (χ3v) is 6.35. The van der Waals surface area contributed by atoms with E-state index in [1.807, 2.05) is 4.90 Å². The molecule has 2 amide bonds. The van der Waals surface area contributed by atoms with Crippen molar-refractivity contribution in [2.75, 3.05) is 26.2 Å². The summed E-state index contributed by atoms with van der Waals surface area (Å²) >= 11 is 0. The van der Waals surface area contributed by atoms with Crippen LogP contribution in [0.15, 0.2) is 23.1 Å². The maximum absolute atomic E-state index is 12.7. The van der Waals surface area contributed by atoms with E-state index in [9.17, 15) is 14.4 Å². The van der Waals surface area contributed by atoms with Gasteiger partial charge in [0.15, 0.2) is 0 Å². The Morgan fingerprint density at radius 3 is 2.46 bits per heavy atom. The van der Waals surface area contributed by atoms with Gasteiger partial charge in [-0.15, -0.1) is 0 Å². The topological polar surface area (TPSA) is 74.7 Å². The normalized spacial score (nSPS) is 24.2. The van der Waals surface area contributed by atoms with Crippen molar-refractivity contribution in [1.29, 1.82) is 0 Å². The Kier molecular flexibility index (Phi) is 5.53. The van der Waals surface area contributed by atoms with Crippen LogP contribution in [0.3, 0.4) is 0 Å². The van der Waals surface area contributed by atoms with E-state index in [1.165, 1.54) is 10.6 Å². The summed E-state index contributed by atoms with van der Waals surface area (Å²) in [5.74, 6) is 0.337. The van der Waals surface area contributed by atoms with E-state index in [2.05, 4.69) is 10.2 Å². The standard InChI is InChI=1S/C21H30N4O3/c1-23-13-16(4-7-19(23)26)21(28)24-11-8-18(9-12-24)25-10-2-3-15(14-25)20(27)22-17-5-6-17/h4,7,13,15,17-18H,2-3,5-6,8-12,14H2,1H3,(H,22,27). The van der Waals surface area contributed by atoms with Crippen LogP contribution in [0, 0.1) is 5.92 Å². The predicted octanol–water partition coefficient (Wildman–Crippen LogP) is 0.981. The minimum absolute atomic E-state index is 0.00520. The van der Waals surface area contributed by atoms with Gasteiger partial charge in [0.25, 0.3) is 5.91 Å². The van der Waals surface area contributed by atoms with Gasteiger partial charge in [-0.2, -0.15) is 0 Å². The third-order valence-electron chi connectivity index (χ3n) is 6.35. The number of piperidine rings is 2. The summed E-state index contributed by atoms with van der Waals surface area (Å²) in [7, 11) is 1.66. The van der Waals surface area contributed by atoms with Gasteiger partial charge in [-0.3, -0.25) is 19.3 Å². The quantitative estimate of drug-likeness (QED) is 0.837. The largest absolute Gasteiger partial charge is 0.353 e. The molecule has 0 radical (unpaired) electrons. The molecule has 0 spiro atoms. The molecule has 3 aliphatic rings. The molecule has 1 aromatic heterocycles. The van der Waals surface area contributed by atoms with E-state index < -0.39 is 0 Å². The molecule has 3 heterocycles. The molecule has 152 valence electrons. The molecule has 4 rings (SSSR count). The fourth-order valence-electron chi connectivity index (χ4n) is 4.44. The van der Waals surface area contributed by atoms with Gasteiger partial charge in [0.2, 0.25) is 11.5 Å². The number of hydrogen-bond donors (Lipinski definition) is 1. The number of carbonyl (C=O) groups is 2. The number of nitrogens with one attached hydrogen (secondary N) is 1. The van der Waals surface area contributed by atoms with E-state index in [0.717, 1.165) is 64.7 Å². The van der Waals surface area contributed by atoms with E-state index in [-0.39, 0.29) is 23.3 Å². The molecule has 1 saturated carbocycles. The molecule has 28 heavy (non-hydrogen) atoms. The van der Waals surface area contributed by atoms with Crippen molar-refractivity contribution in [2.24, 2.45) is 13.0 Å². The number of pyridine rings is 1. The van der Waals surface area contributed by atoms with Crippen LogP contribution in [0.2, 0.25) is 0 Å². The molecule has 7 heteroatoms. The van der Waals surface area contributed by atoms with Crippen molar-refractivity contribution >= 4 is 11.8 Å². The van der Waals surface area contributed by atoms with Crippen LogP contribution in [-0.2, 0) is 11.8 Å². The summed E-state index contributed by atoms with van der Waals surface area (Å²) in [6.45, 7) is 3.34. The SMILES string of the molecule is Cn1cc(C(=O)N2CCC(N3CCCC(C(=O)NC4CC4)C3)CC2)ccc1=O. The maximum Gasteiger partial charge on any atom is 0.255 e. The highest BCUT2D eigenvalue weighted by Crippen LogP contribution is 2.26. The molecule has 2 saturated heterocycles. The van der Waals surface area contributed by atoms with Gasteiger partial charge in [-0.25, -0.2) is 0 Å². The maximum atomic E-state index is 12.7. The Labute approximate surface area is 165 Å². The lowest BCUT2D eigenvalue weighted by molar-refractivity contribution is -0.127. The molecule has 3 fully saturated rings. The third kappa shape index (κ3) is 4.29. The van der Waals surface area contributed by atoms with Gasteiger partial charge in [-0.05, 0) is 51.1 Å². The smallest absolute Gasteiger partial charge is 0.255 e.